The minimum absolute atomic E-state index is 0.0506. The van der Waals surface area contributed by atoms with Gasteiger partial charge in [0.05, 0.1) is 17.7 Å². The van der Waals surface area contributed by atoms with Gasteiger partial charge >= 0.3 is 0 Å². The number of aromatic nitrogens is 3. The largest absolute Gasteiger partial charge is 0.396 e. The summed E-state index contributed by atoms with van der Waals surface area (Å²) in [5.74, 6) is 0. The molecular weight excluding hydrogens is 274 g/mol. The van der Waals surface area contributed by atoms with Gasteiger partial charge in [0.25, 0.3) is 5.69 Å². The molecule has 2 rings (SSSR count). The van der Waals surface area contributed by atoms with Crippen LogP contribution in [0.2, 0.25) is 0 Å². The van der Waals surface area contributed by atoms with Crippen LogP contribution in [-0.2, 0) is 13.1 Å². The SMILES string of the molecule is Cc1ccc([N+](=O)[O-])cc1NCc1cn(CCCO)nn1. The molecule has 0 atom stereocenters. The van der Waals surface area contributed by atoms with Gasteiger partial charge in [-0.1, -0.05) is 11.3 Å². The van der Waals surface area contributed by atoms with E-state index in [0.29, 0.717) is 25.2 Å². The van der Waals surface area contributed by atoms with Crippen LogP contribution in [0, 0.1) is 17.0 Å². The molecule has 0 amide bonds. The van der Waals surface area contributed by atoms with Crippen LogP contribution in [0.3, 0.4) is 0 Å². The third kappa shape index (κ3) is 3.99. The van der Waals surface area contributed by atoms with E-state index in [0.717, 1.165) is 11.3 Å². The Morgan fingerprint density at radius 3 is 3.00 bits per heavy atom. The lowest BCUT2D eigenvalue weighted by Gasteiger charge is -2.07. The van der Waals surface area contributed by atoms with E-state index in [1.54, 1.807) is 16.9 Å². The van der Waals surface area contributed by atoms with Crippen molar-refractivity contribution >= 4 is 11.4 Å². The number of nitro groups is 1. The minimum Gasteiger partial charge on any atom is -0.396 e. The Balaban J connectivity index is 2.00. The highest BCUT2D eigenvalue weighted by Gasteiger charge is 2.09. The van der Waals surface area contributed by atoms with E-state index >= 15 is 0 Å². The van der Waals surface area contributed by atoms with Crippen LogP contribution in [0.5, 0.6) is 0 Å². The third-order valence-corrected chi connectivity index (χ3v) is 3.02. The molecule has 0 aliphatic rings. The summed E-state index contributed by atoms with van der Waals surface area (Å²) in [5.41, 5.74) is 2.41. The molecule has 8 nitrogen and oxygen atoms in total. The molecule has 0 radical (unpaired) electrons. The molecule has 112 valence electrons. The van der Waals surface area contributed by atoms with Gasteiger partial charge < -0.3 is 10.4 Å². The Morgan fingerprint density at radius 2 is 2.29 bits per heavy atom. The van der Waals surface area contributed by atoms with Crippen molar-refractivity contribution in [3.05, 3.63) is 45.8 Å². The van der Waals surface area contributed by atoms with E-state index in [1.807, 2.05) is 6.92 Å². The number of aryl methyl sites for hydroxylation is 2. The number of aliphatic hydroxyl groups is 1. The Hall–Kier alpha value is -2.48. The molecule has 0 spiro atoms. The zero-order valence-electron chi connectivity index (χ0n) is 11.7. The van der Waals surface area contributed by atoms with Gasteiger partial charge in [-0.15, -0.1) is 5.10 Å². The number of nitro benzene ring substituents is 1. The average molecular weight is 291 g/mol. The van der Waals surface area contributed by atoms with Gasteiger partial charge in [0.15, 0.2) is 0 Å². The fourth-order valence-electron chi connectivity index (χ4n) is 1.86. The predicted octanol–water partition coefficient (Wildman–Crippen LogP) is 1.49. The van der Waals surface area contributed by atoms with Gasteiger partial charge in [0.1, 0.15) is 5.69 Å². The standard InChI is InChI=1S/C13H17N5O3/c1-10-3-4-12(18(20)21)7-13(10)14-8-11-9-17(16-15-11)5-2-6-19/h3-4,7,9,14,19H,2,5-6,8H2,1H3. The van der Waals surface area contributed by atoms with Crippen molar-refractivity contribution < 1.29 is 10.0 Å². The van der Waals surface area contributed by atoms with E-state index in [-0.39, 0.29) is 12.3 Å². The van der Waals surface area contributed by atoms with Crippen LogP contribution in [-0.4, -0.2) is 31.6 Å². The van der Waals surface area contributed by atoms with Gasteiger partial charge in [0, 0.05) is 31.0 Å². The zero-order chi connectivity index (χ0) is 15.2. The molecule has 0 bridgehead atoms. The second kappa shape index (κ2) is 6.80. The monoisotopic (exact) mass is 291 g/mol. The van der Waals surface area contributed by atoms with E-state index < -0.39 is 4.92 Å². The maximum atomic E-state index is 10.8. The topological polar surface area (TPSA) is 106 Å². The summed E-state index contributed by atoms with van der Waals surface area (Å²) < 4.78 is 1.66. The Bertz CT molecular complexity index is 626. The number of nitrogens with one attached hydrogen (secondary N) is 1. The van der Waals surface area contributed by atoms with Crippen molar-refractivity contribution in [2.24, 2.45) is 0 Å². The van der Waals surface area contributed by atoms with E-state index in [9.17, 15) is 10.1 Å². The van der Waals surface area contributed by atoms with Crippen LogP contribution >= 0.6 is 0 Å². The lowest BCUT2D eigenvalue weighted by atomic mass is 10.2. The summed E-state index contributed by atoms with van der Waals surface area (Å²) in [5, 5.41) is 30.6. The summed E-state index contributed by atoms with van der Waals surface area (Å²) in [4.78, 5) is 10.4. The molecule has 1 heterocycles. The molecule has 2 aromatic rings. The zero-order valence-corrected chi connectivity index (χ0v) is 11.7. The van der Waals surface area contributed by atoms with Crippen molar-refractivity contribution in [3.63, 3.8) is 0 Å². The van der Waals surface area contributed by atoms with Crippen molar-refractivity contribution in [2.75, 3.05) is 11.9 Å². The summed E-state index contributed by atoms with van der Waals surface area (Å²) in [6.07, 6.45) is 2.41. The third-order valence-electron chi connectivity index (χ3n) is 3.02. The first kappa shape index (κ1) is 14.9. The summed E-state index contributed by atoms with van der Waals surface area (Å²) >= 11 is 0. The molecule has 0 aliphatic heterocycles. The normalized spacial score (nSPS) is 10.6. The molecule has 0 fully saturated rings. The molecule has 0 aliphatic carbocycles. The number of hydrogen-bond acceptors (Lipinski definition) is 6. The molecular formula is C13H17N5O3. The molecule has 1 aromatic carbocycles. The minimum atomic E-state index is -0.421. The van der Waals surface area contributed by atoms with E-state index in [2.05, 4.69) is 15.6 Å². The Labute approximate surface area is 121 Å². The maximum Gasteiger partial charge on any atom is 0.271 e. The van der Waals surface area contributed by atoms with Crippen molar-refractivity contribution in [1.82, 2.24) is 15.0 Å². The van der Waals surface area contributed by atoms with Crippen LogP contribution in [0.4, 0.5) is 11.4 Å². The van der Waals surface area contributed by atoms with E-state index in [4.69, 9.17) is 5.11 Å². The average Bonchev–Trinajstić information content (AvgIpc) is 2.92. The molecule has 8 heteroatoms. The number of aliphatic hydroxyl groups excluding tert-OH is 1. The fraction of sp³-hybridized carbons (Fsp3) is 0.385. The second-order valence-electron chi connectivity index (χ2n) is 4.66. The first-order valence-corrected chi connectivity index (χ1v) is 6.59. The van der Waals surface area contributed by atoms with Crippen LogP contribution in [0.25, 0.3) is 0 Å². The molecule has 21 heavy (non-hydrogen) atoms. The van der Waals surface area contributed by atoms with Crippen LogP contribution < -0.4 is 5.32 Å². The van der Waals surface area contributed by atoms with Gasteiger partial charge in [-0.3, -0.25) is 14.8 Å². The quantitative estimate of drug-likeness (QED) is 0.591. The Kier molecular flexibility index (Phi) is 4.83. The lowest BCUT2D eigenvalue weighted by Crippen LogP contribution is -2.02. The molecule has 1 aromatic heterocycles. The fourth-order valence-corrected chi connectivity index (χ4v) is 1.86. The molecule has 0 saturated carbocycles. The second-order valence-corrected chi connectivity index (χ2v) is 4.66. The highest BCUT2D eigenvalue weighted by Crippen LogP contribution is 2.22. The van der Waals surface area contributed by atoms with Gasteiger partial charge in [-0.25, -0.2) is 0 Å². The number of nitrogens with zero attached hydrogens (tertiary/aromatic N) is 4. The highest BCUT2D eigenvalue weighted by molar-refractivity contribution is 5.56. The van der Waals surface area contributed by atoms with Crippen molar-refractivity contribution in [3.8, 4) is 0 Å². The van der Waals surface area contributed by atoms with Gasteiger partial charge in [0.2, 0.25) is 0 Å². The molecule has 0 saturated heterocycles. The lowest BCUT2D eigenvalue weighted by molar-refractivity contribution is -0.384. The number of benzene rings is 1. The van der Waals surface area contributed by atoms with Crippen molar-refractivity contribution in [2.45, 2.75) is 26.4 Å². The number of rotatable bonds is 7. The number of non-ortho nitro benzene ring substituents is 1. The van der Waals surface area contributed by atoms with E-state index in [1.165, 1.54) is 12.1 Å². The van der Waals surface area contributed by atoms with Gasteiger partial charge in [-0.2, -0.15) is 0 Å². The van der Waals surface area contributed by atoms with Gasteiger partial charge in [-0.05, 0) is 18.9 Å². The summed E-state index contributed by atoms with van der Waals surface area (Å²) in [6.45, 7) is 3.03. The van der Waals surface area contributed by atoms with Crippen molar-refractivity contribution in [1.29, 1.82) is 0 Å². The Morgan fingerprint density at radius 1 is 1.48 bits per heavy atom. The maximum absolute atomic E-state index is 10.8. The highest BCUT2D eigenvalue weighted by atomic mass is 16.6. The molecule has 0 unspecified atom stereocenters. The van der Waals surface area contributed by atoms with Crippen LogP contribution in [0.1, 0.15) is 17.7 Å². The van der Waals surface area contributed by atoms with Crippen LogP contribution in [0.15, 0.2) is 24.4 Å². The number of anilines is 1. The first-order chi connectivity index (χ1) is 10.1. The molecule has 2 N–H and O–H groups in total. The summed E-state index contributed by atoms with van der Waals surface area (Å²) in [7, 11) is 0. The first-order valence-electron chi connectivity index (χ1n) is 6.59. The number of hydrogen-bond donors (Lipinski definition) is 2. The predicted molar refractivity (Wildman–Crippen MR) is 76.9 cm³/mol. The summed E-state index contributed by atoms with van der Waals surface area (Å²) in [6, 6.07) is 4.69. The smallest absolute Gasteiger partial charge is 0.271 e.